The Hall–Kier alpha value is -2.23. The lowest BCUT2D eigenvalue weighted by molar-refractivity contribution is -0.120. The van der Waals surface area contributed by atoms with E-state index in [0.29, 0.717) is 16.8 Å². The Kier molecular flexibility index (Phi) is 5.11. The van der Waals surface area contributed by atoms with Crippen LogP contribution in [0.2, 0.25) is 0 Å². The molecule has 1 aromatic carbocycles. The van der Waals surface area contributed by atoms with Crippen LogP contribution in [0.25, 0.3) is 4.96 Å². The van der Waals surface area contributed by atoms with Crippen LogP contribution in [-0.4, -0.2) is 23.7 Å². The Morgan fingerprint density at radius 3 is 2.26 bits per heavy atom. The van der Waals surface area contributed by atoms with Crippen molar-refractivity contribution in [3.05, 3.63) is 51.3 Å². The summed E-state index contributed by atoms with van der Waals surface area (Å²) >= 11 is 1.47. The Labute approximate surface area is 162 Å². The van der Waals surface area contributed by atoms with Gasteiger partial charge in [0, 0.05) is 17.8 Å². The van der Waals surface area contributed by atoms with E-state index < -0.39 is 15.9 Å². The molecule has 0 radical (unpaired) electrons. The molecule has 0 spiro atoms. The number of nitrogens with one attached hydrogen (secondary N) is 2. The number of aromatic nitrogens is 2. The Balaban J connectivity index is 1.77. The Morgan fingerprint density at radius 2 is 1.67 bits per heavy atom. The molecule has 0 aliphatic rings. The van der Waals surface area contributed by atoms with E-state index in [1.807, 2.05) is 36.7 Å². The molecule has 0 atom stereocenters. The topological polar surface area (TPSA) is 92.6 Å². The first kappa shape index (κ1) is 19.5. The summed E-state index contributed by atoms with van der Waals surface area (Å²) in [6.45, 7) is 9.34. The summed E-state index contributed by atoms with van der Waals surface area (Å²) in [4.78, 5) is 19.7. The molecular weight excluding hydrogens is 384 g/mol. The monoisotopic (exact) mass is 406 g/mol. The van der Waals surface area contributed by atoms with Crippen LogP contribution < -0.4 is 10.3 Å². The molecule has 3 rings (SSSR count). The van der Waals surface area contributed by atoms with Gasteiger partial charge in [-0.05, 0) is 62.4 Å². The number of thiazole rings is 1. The van der Waals surface area contributed by atoms with Gasteiger partial charge < -0.3 is 0 Å². The Bertz CT molecular complexity index is 1090. The lowest BCUT2D eigenvalue weighted by Gasteiger charge is -2.19. The number of benzene rings is 1. The Morgan fingerprint density at radius 1 is 1.07 bits per heavy atom. The van der Waals surface area contributed by atoms with Gasteiger partial charge >= 0.3 is 0 Å². The van der Waals surface area contributed by atoms with Crippen LogP contribution in [0.4, 0.5) is 0 Å². The fraction of sp³-hybridized carbons (Fsp3) is 0.333. The van der Waals surface area contributed by atoms with Crippen molar-refractivity contribution in [1.82, 2.24) is 19.6 Å². The van der Waals surface area contributed by atoms with E-state index in [0.717, 1.165) is 21.7 Å². The van der Waals surface area contributed by atoms with Gasteiger partial charge in [-0.1, -0.05) is 0 Å². The van der Waals surface area contributed by atoms with Crippen molar-refractivity contribution in [1.29, 1.82) is 0 Å². The second-order valence-electron chi connectivity index (χ2n) is 6.61. The molecule has 2 N–H and O–H groups in total. The largest absolute Gasteiger partial charge is 0.297 e. The number of imidazole rings is 1. The number of rotatable bonds is 5. The molecule has 27 heavy (non-hydrogen) atoms. The molecular formula is C18H22N4O3S2. The van der Waals surface area contributed by atoms with Gasteiger partial charge in [0.2, 0.25) is 5.91 Å². The number of sulfonamides is 1. The molecule has 0 fully saturated rings. The third kappa shape index (κ3) is 3.62. The summed E-state index contributed by atoms with van der Waals surface area (Å²) < 4.78 is 27.4. The summed E-state index contributed by atoms with van der Waals surface area (Å²) in [5.41, 5.74) is 7.19. The van der Waals surface area contributed by atoms with Crippen LogP contribution in [0.3, 0.4) is 0 Å². The fourth-order valence-electron chi connectivity index (χ4n) is 3.11. The number of hydrazine groups is 1. The second kappa shape index (κ2) is 7.06. The average Bonchev–Trinajstić information content (AvgIpc) is 3.18. The van der Waals surface area contributed by atoms with Crippen LogP contribution in [0.1, 0.15) is 33.5 Å². The molecule has 0 bridgehead atoms. The fourth-order valence-corrected chi connectivity index (χ4v) is 5.30. The summed E-state index contributed by atoms with van der Waals surface area (Å²) in [6, 6.07) is 0. The zero-order chi connectivity index (χ0) is 19.9. The summed E-state index contributed by atoms with van der Waals surface area (Å²) in [7, 11) is -3.89. The van der Waals surface area contributed by atoms with Gasteiger partial charge in [0.05, 0.1) is 17.0 Å². The molecule has 7 nitrogen and oxygen atoms in total. The van der Waals surface area contributed by atoms with Crippen molar-refractivity contribution >= 4 is 32.2 Å². The summed E-state index contributed by atoms with van der Waals surface area (Å²) in [6.07, 6.45) is 3.59. The van der Waals surface area contributed by atoms with Crippen molar-refractivity contribution in [3.8, 4) is 0 Å². The van der Waals surface area contributed by atoms with Crippen molar-refractivity contribution in [2.75, 3.05) is 0 Å². The highest BCUT2D eigenvalue weighted by Gasteiger charge is 2.24. The first-order valence-corrected chi connectivity index (χ1v) is 10.8. The normalized spacial score (nSPS) is 11.9. The van der Waals surface area contributed by atoms with Crippen molar-refractivity contribution in [3.63, 3.8) is 0 Å². The van der Waals surface area contributed by atoms with Crippen LogP contribution in [0.5, 0.6) is 0 Å². The minimum atomic E-state index is -3.89. The highest BCUT2D eigenvalue weighted by atomic mass is 32.2. The molecule has 9 heteroatoms. The SMILES string of the molecule is Cc1c(C)c(C)c(S(=O)(=O)NNC(=O)Cc2cn3ccsc3n2)c(C)c1C. The smallest absolute Gasteiger partial charge is 0.257 e. The van der Waals surface area contributed by atoms with Crippen LogP contribution in [0, 0.1) is 34.6 Å². The first-order chi connectivity index (χ1) is 12.6. The van der Waals surface area contributed by atoms with E-state index in [-0.39, 0.29) is 11.3 Å². The third-order valence-corrected chi connectivity index (χ3v) is 7.30. The van der Waals surface area contributed by atoms with E-state index in [9.17, 15) is 13.2 Å². The molecule has 0 aliphatic carbocycles. The summed E-state index contributed by atoms with van der Waals surface area (Å²) in [5, 5.41) is 1.90. The number of carbonyl (C=O) groups excluding carboxylic acids is 1. The maximum absolute atomic E-state index is 12.8. The molecule has 0 saturated carbocycles. The standard InChI is InChI=1S/C18H22N4O3S2/c1-10-11(2)13(4)17(14(5)12(10)3)27(24,25)21-20-16(23)8-15-9-22-6-7-26-18(22)19-15/h6-7,9,21H,8H2,1-5H3,(H,20,23). The average molecular weight is 407 g/mol. The van der Waals surface area contributed by atoms with E-state index in [1.54, 1.807) is 20.0 Å². The van der Waals surface area contributed by atoms with Crippen LogP contribution in [0.15, 0.2) is 22.7 Å². The minimum absolute atomic E-state index is 0.0131. The predicted molar refractivity (Wildman–Crippen MR) is 105 cm³/mol. The minimum Gasteiger partial charge on any atom is -0.297 e. The lowest BCUT2D eigenvalue weighted by Crippen LogP contribution is -2.42. The van der Waals surface area contributed by atoms with E-state index >= 15 is 0 Å². The van der Waals surface area contributed by atoms with Gasteiger partial charge in [0.25, 0.3) is 10.0 Å². The van der Waals surface area contributed by atoms with Crippen molar-refractivity contribution in [2.45, 2.75) is 45.9 Å². The van der Waals surface area contributed by atoms with Crippen molar-refractivity contribution < 1.29 is 13.2 Å². The number of hydrogen-bond acceptors (Lipinski definition) is 5. The first-order valence-electron chi connectivity index (χ1n) is 8.40. The lowest BCUT2D eigenvalue weighted by atomic mass is 9.95. The van der Waals surface area contributed by atoms with Gasteiger partial charge in [-0.15, -0.1) is 16.2 Å². The number of nitrogens with zero attached hydrogens (tertiary/aromatic N) is 2. The molecule has 2 aromatic heterocycles. The predicted octanol–water partition coefficient (Wildman–Crippen LogP) is 2.49. The quantitative estimate of drug-likeness (QED) is 0.637. The zero-order valence-corrected chi connectivity index (χ0v) is 17.5. The molecule has 0 saturated heterocycles. The molecule has 3 aromatic rings. The van der Waals surface area contributed by atoms with E-state index in [4.69, 9.17) is 0 Å². The van der Waals surface area contributed by atoms with Gasteiger partial charge in [-0.3, -0.25) is 14.6 Å². The van der Waals surface area contributed by atoms with Gasteiger partial charge in [-0.2, -0.15) is 0 Å². The number of carbonyl (C=O) groups is 1. The zero-order valence-electron chi connectivity index (χ0n) is 15.9. The molecule has 0 unspecified atom stereocenters. The molecule has 144 valence electrons. The molecule has 2 heterocycles. The highest BCUT2D eigenvalue weighted by Crippen LogP contribution is 2.29. The van der Waals surface area contributed by atoms with E-state index in [2.05, 4.69) is 15.2 Å². The molecule has 0 aliphatic heterocycles. The van der Waals surface area contributed by atoms with Crippen LogP contribution in [-0.2, 0) is 21.2 Å². The van der Waals surface area contributed by atoms with Gasteiger partial charge in [0.1, 0.15) is 0 Å². The van der Waals surface area contributed by atoms with Crippen LogP contribution >= 0.6 is 11.3 Å². The van der Waals surface area contributed by atoms with Crippen molar-refractivity contribution in [2.24, 2.45) is 0 Å². The number of fused-ring (bicyclic) bond motifs is 1. The van der Waals surface area contributed by atoms with Gasteiger partial charge in [-0.25, -0.2) is 13.4 Å². The highest BCUT2D eigenvalue weighted by molar-refractivity contribution is 7.89. The maximum atomic E-state index is 12.8. The third-order valence-electron chi connectivity index (χ3n) is 5.01. The maximum Gasteiger partial charge on any atom is 0.257 e. The second-order valence-corrected chi connectivity index (χ2v) is 9.10. The number of amides is 1. The van der Waals surface area contributed by atoms with Gasteiger partial charge in [0.15, 0.2) is 4.96 Å². The number of hydrogen-bond donors (Lipinski definition) is 2. The molecule has 1 amide bonds. The van der Waals surface area contributed by atoms with E-state index in [1.165, 1.54) is 11.3 Å². The summed E-state index contributed by atoms with van der Waals surface area (Å²) in [5.74, 6) is -0.472.